The van der Waals surface area contributed by atoms with Gasteiger partial charge in [0.15, 0.2) is 0 Å². The van der Waals surface area contributed by atoms with E-state index in [1.54, 1.807) is 62.8 Å². The molecule has 9 nitrogen and oxygen atoms in total. The van der Waals surface area contributed by atoms with E-state index in [-0.39, 0.29) is 25.4 Å². The van der Waals surface area contributed by atoms with Crippen LogP contribution < -0.4 is 20.1 Å². The first-order valence-corrected chi connectivity index (χ1v) is 11.7. The van der Waals surface area contributed by atoms with E-state index in [1.165, 1.54) is 0 Å². The molecule has 194 valence electrons. The Morgan fingerprint density at radius 1 is 0.784 bits per heavy atom. The number of benzene rings is 3. The van der Waals surface area contributed by atoms with Crippen molar-refractivity contribution in [3.05, 3.63) is 95.6 Å². The number of carboxylic acid groups (broad SMARTS) is 1. The molecule has 0 aliphatic carbocycles. The number of amides is 2. The summed E-state index contributed by atoms with van der Waals surface area (Å²) in [6.07, 6.45) is -1.11. The van der Waals surface area contributed by atoms with Crippen LogP contribution in [0.2, 0.25) is 0 Å². The number of nitrogens with one attached hydrogen (secondary N) is 2. The van der Waals surface area contributed by atoms with Crippen LogP contribution in [0, 0.1) is 0 Å². The number of hydrogen-bond acceptors (Lipinski definition) is 6. The van der Waals surface area contributed by atoms with Crippen LogP contribution in [0.1, 0.15) is 35.6 Å². The molecule has 1 unspecified atom stereocenters. The molecule has 0 aromatic heterocycles. The minimum absolute atomic E-state index is 0.00486. The van der Waals surface area contributed by atoms with Crippen molar-refractivity contribution in [2.75, 3.05) is 14.2 Å². The third kappa shape index (κ3) is 8.28. The quantitative estimate of drug-likeness (QED) is 0.338. The maximum atomic E-state index is 12.9. The summed E-state index contributed by atoms with van der Waals surface area (Å²) in [4.78, 5) is 36.7. The van der Waals surface area contributed by atoms with Gasteiger partial charge in [0.2, 0.25) is 5.91 Å². The number of carbonyl (C=O) groups is 3. The molecule has 3 aromatic carbocycles. The Balaban J connectivity index is 1.62. The van der Waals surface area contributed by atoms with Gasteiger partial charge in [-0.15, -0.1) is 0 Å². The second kappa shape index (κ2) is 13.5. The maximum Gasteiger partial charge on any atom is 0.408 e. The molecule has 0 radical (unpaired) electrons. The zero-order valence-corrected chi connectivity index (χ0v) is 20.7. The second-order valence-electron chi connectivity index (χ2n) is 8.18. The van der Waals surface area contributed by atoms with Crippen molar-refractivity contribution >= 4 is 18.0 Å². The van der Waals surface area contributed by atoms with Crippen molar-refractivity contribution in [2.24, 2.45) is 0 Å². The third-order valence-corrected chi connectivity index (χ3v) is 5.67. The highest BCUT2D eigenvalue weighted by Crippen LogP contribution is 2.26. The summed E-state index contributed by atoms with van der Waals surface area (Å²) in [6, 6.07) is 21.8. The first-order valence-electron chi connectivity index (χ1n) is 11.7. The molecule has 3 aromatic rings. The Bertz CT molecular complexity index is 1120. The average Bonchev–Trinajstić information content (AvgIpc) is 2.93. The minimum atomic E-state index is -1.28. The van der Waals surface area contributed by atoms with E-state index < -0.39 is 24.1 Å². The molecule has 9 heteroatoms. The lowest BCUT2D eigenvalue weighted by atomic mass is 9.98. The molecular formula is C28H30N2O7. The molecule has 1 atom stereocenters. The number of methoxy groups -OCH3 is 2. The topological polar surface area (TPSA) is 123 Å². The molecule has 0 saturated heterocycles. The number of alkyl carbamates (subject to hydrolysis) is 1. The van der Waals surface area contributed by atoms with Crippen LogP contribution in [-0.4, -0.2) is 43.3 Å². The number of hydrogen-bond donors (Lipinski definition) is 3. The van der Waals surface area contributed by atoms with Gasteiger partial charge in [0.25, 0.3) is 0 Å². The molecular weight excluding hydrogens is 476 g/mol. The summed E-state index contributed by atoms with van der Waals surface area (Å²) in [6.45, 7) is 0.00486. The molecule has 37 heavy (non-hydrogen) atoms. The number of ether oxygens (including phenoxy) is 3. The van der Waals surface area contributed by atoms with Crippen LogP contribution in [0.15, 0.2) is 78.9 Å². The average molecular weight is 507 g/mol. The summed E-state index contributed by atoms with van der Waals surface area (Å²) in [5, 5.41) is 14.8. The fourth-order valence-corrected chi connectivity index (χ4v) is 3.62. The summed E-state index contributed by atoms with van der Waals surface area (Å²) >= 11 is 0. The molecule has 0 heterocycles. The van der Waals surface area contributed by atoms with Gasteiger partial charge in [-0.2, -0.15) is 0 Å². The number of carbonyl (C=O) groups excluding carboxylic acids is 2. The lowest BCUT2D eigenvalue weighted by molar-refractivity contribution is -0.139. The fraction of sp³-hybridized carbons (Fsp3) is 0.250. The molecule has 0 bridgehead atoms. The highest BCUT2D eigenvalue weighted by atomic mass is 16.5. The largest absolute Gasteiger partial charge is 0.497 e. The fourth-order valence-electron chi connectivity index (χ4n) is 3.62. The predicted molar refractivity (Wildman–Crippen MR) is 136 cm³/mol. The van der Waals surface area contributed by atoms with Crippen molar-refractivity contribution in [3.8, 4) is 11.5 Å². The summed E-state index contributed by atoms with van der Waals surface area (Å²) in [5.74, 6) is -0.273. The van der Waals surface area contributed by atoms with Crippen LogP contribution >= 0.6 is 0 Å². The molecule has 0 saturated carbocycles. The molecule has 3 rings (SSSR count). The van der Waals surface area contributed by atoms with Gasteiger partial charge in [0.1, 0.15) is 24.1 Å². The number of rotatable bonds is 12. The van der Waals surface area contributed by atoms with Crippen LogP contribution in [0.3, 0.4) is 0 Å². The summed E-state index contributed by atoms with van der Waals surface area (Å²) in [5.41, 5.74) is 2.40. The van der Waals surface area contributed by atoms with Gasteiger partial charge in [-0.05, 0) is 47.4 Å². The van der Waals surface area contributed by atoms with Crippen molar-refractivity contribution in [1.82, 2.24) is 10.6 Å². The first-order chi connectivity index (χ1) is 17.9. The Morgan fingerprint density at radius 2 is 1.32 bits per heavy atom. The minimum Gasteiger partial charge on any atom is -0.497 e. The van der Waals surface area contributed by atoms with Gasteiger partial charge in [0, 0.05) is 6.42 Å². The first kappa shape index (κ1) is 27.1. The Kier molecular flexibility index (Phi) is 9.90. The van der Waals surface area contributed by atoms with E-state index in [4.69, 9.17) is 14.2 Å². The third-order valence-electron chi connectivity index (χ3n) is 5.67. The molecule has 0 spiro atoms. The van der Waals surface area contributed by atoms with Crippen LogP contribution in [-0.2, 0) is 20.9 Å². The molecule has 0 aliphatic heterocycles. The highest BCUT2D eigenvalue weighted by molar-refractivity contribution is 5.82. The molecule has 0 aliphatic rings. The normalized spacial score (nSPS) is 11.3. The van der Waals surface area contributed by atoms with E-state index in [0.29, 0.717) is 11.5 Å². The van der Waals surface area contributed by atoms with Crippen molar-refractivity contribution in [1.29, 1.82) is 0 Å². The van der Waals surface area contributed by atoms with E-state index in [2.05, 4.69) is 10.6 Å². The van der Waals surface area contributed by atoms with Gasteiger partial charge in [-0.25, -0.2) is 9.59 Å². The zero-order chi connectivity index (χ0) is 26.6. The summed E-state index contributed by atoms with van der Waals surface area (Å²) in [7, 11) is 3.14. The predicted octanol–water partition coefficient (Wildman–Crippen LogP) is 4.07. The standard InChI is InChI=1S/C28H30N2O7/c1-35-22-12-8-20(9-13-22)26(21-10-14-23(36-2)15-11-21)30-25(31)17-16-24(27(32)33)29-28(34)37-18-19-6-4-3-5-7-19/h3-15,24,26H,16-18H2,1-2H3,(H,29,34)(H,30,31)(H,32,33). The summed E-state index contributed by atoms with van der Waals surface area (Å²) < 4.78 is 15.5. The monoisotopic (exact) mass is 506 g/mol. The molecule has 0 fully saturated rings. The Hall–Kier alpha value is -4.53. The molecule has 2 amide bonds. The zero-order valence-electron chi connectivity index (χ0n) is 20.7. The number of carboxylic acids is 1. The highest BCUT2D eigenvalue weighted by Gasteiger charge is 2.23. The van der Waals surface area contributed by atoms with Crippen molar-refractivity contribution in [2.45, 2.75) is 31.5 Å². The lowest BCUT2D eigenvalue weighted by Gasteiger charge is -2.21. The Labute approximate surface area is 215 Å². The van der Waals surface area contributed by atoms with Gasteiger partial charge < -0.3 is 30.0 Å². The van der Waals surface area contributed by atoms with Gasteiger partial charge in [-0.3, -0.25) is 4.79 Å². The molecule has 3 N–H and O–H groups in total. The lowest BCUT2D eigenvalue weighted by Crippen LogP contribution is -2.42. The van der Waals surface area contributed by atoms with Crippen LogP contribution in [0.4, 0.5) is 4.79 Å². The van der Waals surface area contributed by atoms with E-state index in [9.17, 15) is 19.5 Å². The SMILES string of the molecule is COc1ccc(C(NC(=O)CCC(NC(=O)OCc2ccccc2)C(=O)O)c2ccc(OC)cc2)cc1. The van der Waals surface area contributed by atoms with Crippen molar-refractivity contribution in [3.63, 3.8) is 0 Å². The van der Waals surface area contributed by atoms with E-state index in [0.717, 1.165) is 16.7 Å². The number of aliphatic carboxylic acids is 1. The van der Waals surface area contributed by atoms with Crippen LogP contribution in [0.25, 0.3) is 0 Å². The van der Waals surface area contributed by atoms with Crippen LogP contribution in [0.5, 0.6) is 11.5 Å². The smallest absolute Gasteiger partial charge is 0.408 e. The van der Waals surface area contributed by atoms with Crippen molar-refractivity contribution < 1.29 is 33.7 Å². The van der Waals surface area contributed by atoms with Gasteiger partial charge >= 0.3 is 12.1 Å². The second-order valence-corrected chi connectivity index (χ2v) is 8.18. The van der Waals surface area contributed by atoms with Gasteiger partial charge in [-0.1, -0.05) is 54.6 Å². The maximum absolute atomic E-state index is 12.9. The Morgan fingerprint density at radius 3 is 1.81 bits per heavy atom. The van der Waals surface area contributed by atoms with E-state index in [1.807, 2.05) is 30.3 Å². The van der Waals surface area contributed by atoms with E-state index >= 15 is 0 Å². The van der Waals surface area contributed by atoms with Gasteiger partial charge in [0.05, 0.1) is 20.3 Å².